The fourth-order valence-electron chi connectivity index (χ4n) is 2.46. The minimum absolute atomic E-state index is 0.465. The molecule has 0 heterocycles. The topological polar surface area (TPSA) is 35.2 Å². The number of hydrogen-bond acceptors (Lipinski definition) is 2. The van der Waals surface area contributed by atoms with Crippen molar-refractivity contribution in [1.82, 2.24) is 0 Å². The highest BCUT2D eigenvalue weighted by Crippen LogP contribution is 2.26. The van der Waals surface area contributed by atoms with Gasteiger partial charge >= 0.3 is 0 Å². The van der Waals surface area contributed by atoms with E-state index in [4.69, 9.17) is 10.5 Å². The molecule has 1 aliphatic carbocycles. The molecule has 17 heavy (non-hydrogen) atoms. The average molecular weight is 233 g/mol. The Morgan fingerprint density at radius 3 is 2.59 bits per heavy atom. The summed E-state index contributed by atoms with van der Waals surface area (Å²) in [7, 11) is 0. The number of rotatable bonds is 4. The first-order valence-electron chi connectivity index (χ1n) is 6.67. The summed E-state index contributed by atoms with van der Waals surface area (Å²) in [5, 5.41) is 0. The summed E-state index contributed by atoms with van der Waals surface area (Å²) in [6, 6.07) is 8.38. The van der Waals surface area contributed by atoms with E-state index in [-0.39, 0.29) is 0 Å². The second kappa shape index (κ2) is 6.18. The quantitative estimate of drug-likeness (QED) is 0.866. The van der Waals surface area contributed by atoms with E-state index < -0.39 is 0 Å². The van der Waals surface area contributed by atoms with Crippen molar-refractivity contribution in [3.63, 3.8) is 0 Å². The number of hydrogen-bond donors (Lipinski definition) is 1. The van der Waals surface area contributed by atoms with Gasteiger partial charge in [-0.1, -0.05) is 31.2 Å². The first kappa shape index (κ1) is 12.6. The van der Waals surface area contributed by atoms with Gasteiger partial charge < -0.3 is 10.5 Å². The molecule has 0 amide bonds. The Morgan fingerprint density at radius 2 is 1.88 bits per heavy atom. The molecule has 1 aliphatic rings. The lowest BCUT2D eigenvalue weighted by molar-refractivity contribution is 0.00875. The molecule has 1 aromatic rings. The molecule has 94 valence electrons. The molecule has 0 spiro atoms. The number of nitrogens with two attached hydrogens (primary N) is 1. The van der Waals surface area contributed by atoms with Crippen LogP contribution in [0.3, 0.4) is 0 Å². The van der Waals surface area contributed by atoms with Crippen LogP contribution in [-0.4, -0.2) is 6.10 Å². The summed E-state index contributed by atoms with van der Waals surface area (Å²) in [4.78, 5) is 0. The van der Waals surface area contributed by atoms with Gasteiger partial charge in [-0.2, -0.15) is 0 Å². The molecule has 0 aromatic heterocycles. The maximum Gasteiger partial charge on any atom is 0.0720 e. The van der Waals surface area contributed by atoms with Crippen LogP contribution in [0.25, 0.3) is 0 Å². The molecule has 2 N–H and O–H groups in total. The van der Waals surface area contributed by atoms with Crippen molar-refractivity contribution in [1.29, 1.82) is 0 Å². The predicted octanol–water partition coefficient (Wildman–Crippen LogP) is 3.24. The third kappa shape index (κ3) is 3.83. The van der Waals surface area contributed by atoms with Crippen molar-refractivity contribution in [2.45, 2.75) is 51.9 Å². The summed E-state index contributed by atoms with van der Waals surface area (Å²) in [6.45, 7) is 3.67. The van der Waals surface area contributed by atoms with Crippen LogP contribution >= 0.6 is 0 Å². The van der Waals surface area contributed by atoms with Crippen molar-refractivity contribution in [3.8, 4) is 0 Å². The van der Waals surface area contributed by atoms with Gasteiger partial charge in [0.05, 0.1) is 12.7 Å². The van der Waals surface area contributed by atoms with Crippen LogP contribution in [0.2, 0.25) is 0 Å². The average Bonchev–Trinajstić information content (AvgIpc) is 2.38. The Bertz CT molecular complexity index is 343. The zero-order chi connectivity index (χ0) is 12.1. The Morgan fingerprint density at radius 1 is 1.18 bits per heavy atom. The lowest BCUT2D eigenvalue weighted by atomic mass is 9.89. The van der Waals surface area contributed by atoms with Crippen LogP contribution in [-0.2, 0) is 17.9 Å². The molecule has 0 radical (unpaired) electrons. The fraction of sp³-hybridized carbons (Fsp3) is 0.600. The summed E-state index contributed by atoms with van der Waals surface area (Å²) in [5.74, 6) is 0.885. The zero-order valence-electron chi connectivity index (χ0n) is 10.7. The summed E-state index contributed by atoms with van der Waals surface area (Å²) < 4.78 is 5.98. The van der Waals surface area contributed by atoms with Gasteiger partial charge in [-0.3, -0.25) is 0 Å². The predicted molar refractivity (Wildman–Crippen MR) is 70.5 cm³/mol. The van der Waals surface area contributed by atoms with Gasteiger partial charge in [-0.15, -0.1) is 0 Å². The van der Waals surface area contributed by atoms with Gasteiger partial charge in [0.25, 0.3) is 0 Å². The molecule has 2 heteroatoms. The number of benzene rings is 1. The van der Waals surface area contributed by atoms with Crippen molar-refractivity contribution in [2.75, 3.05) is 0 Å². The van der Waals surface area contributed by atoms with E-state index in [2.05, 4.69) is 31.2 Å². The van der Waals surface area contributed by atoms with Crippen LogP contribution in [0.15, 0.2) is 24.3 Å². The van der Waals surface area contributed by atoms with Crippen molar-refractivity contribution in [3.05, 3.63) is 35.4 Å². The van der Waals surface area contributed by atoms with Crippen molar-refractivity contribution in [2.24, 2.45) is 11.7 Å². The summed E-state index contributed by atoms with van der Waals surface area (Å²) in [5.41, 5.74) is 8.06. The Labute approximate surface area is 104 Å². The van der Waals surface area contributed by atoms with Gasteiger partial charge in [0.1, 0.15) is 0 Å². The van der Waals surface area contributed by atoms with E-state index in [1.54, 1.807) is 0 Å². The van der Waals surface area contributed by atoms with Gasteiger partial charge in [-0.05, 0) is 42.7 Å². The molecule has 0 bridgehead atoms. The largest absolute Gasteiger partial charge is 0.374 e. The molecule has 1 saturated carbocycles. The first-order chi connectivity index (χ1) is 8.28. The van der Waals surface area contributed by atoms with E-state index in [0.717, 1.165) is 12.5 Å². The van der Waals surface area contributed by atoms with Crippen LogP contribution in [0.4, 0.5) is 0 Å². The minimum atomic E-state index is 0.465. The van der Waals surface area contributed by atoms with Crippen LogP contribution in [0.5, 0.6) is 0 Å². The van der Waals surface area contributed by atoms with Crippen molar-refractivity contribution >= 4 is 0 Å². The van der Waals surface area contributed by atoms with Crippen molar-refractivity contribution < 1.29 is 4.74 Å². The smallest absolute Gasteiger partial charge is 0.0720 e. The molecule has 2 nitrogen and oxygen atoms in total. The standard InChI is InChI=1S/C15H23NO/c1-12-5-7-15(8-6-12)17-11-14-4-2-3-13(9-14)10-16/h2-4,9,12,15H,5-8,10-11,16H2,1H3. The molecule has 1 fully saturated rings. The highest BCUT2D eigenvalue weighted by molar-refractivity contribution is 5.22. The minimum Gasteiger partial charge on any atom is -0.374 e. The molecule has 2 rings (SSSR count). The normalized spacial score (nSPS) is 24.8. The molecule has 0 aliphatic heterocycles. The lowest BCUT2D eigenvalue weighted by Crippen LogP contribution is -2.20. The van der Waals surface area contributed by atoms with Gasteiger partial charge in [0.2, 0.25) is 0 Å². The van der Waals surface area contributed by atoms with Crippen LogP contribution in [0.1, 0.15) is 43.7 Å². The second-order valence-electron chi connectivity index (χ2n) is 5.22. The maximum atomic E-state index is 5.98. The highest BCUT2D eigenvalue weighted by Gasteiger charge is 2.18. The van der Waals surface area contributed by atoms with Gasteiger partial charge in [-0.25, -0.2) is 0 Å². The Balaban J connectivity index is 1.81. The number of ether oxygens (including phenoxy) is 1. The van der Waals surface area contributed by atoms with Crippen LogP contribution in [0, 0.1) is 5.92 Å². The van der Waals surface area contributed by atoms with E-state index in [9.17, 15) is 0 Å². The lowest BCUT2D eigenvalue weighted by Gasteiger charge is -2.26. The Kier molecular flexibility index (Phi) is 4.57. The fourth-order valence-corrected chi connectivity index (χ4v) is 2.46. The van der Waals surface area contributed by atoms with Gasteiger partial charge in [0.15, 0.2) is 0 Å². The summed E-state index contributed by atoms with van der Waals surface area (Å²) in [6.07, 6.45) is 5.53. The first-order valence-corrected chi connectivity index (χ1v) is 6.67. The van der Waals surface area contributed by atoms with E-state index in [0.29, 0.717) is 12.6 Å². The Hall–Kier alpha value is -0.860. The van der Waals surface area contributed by atoms with Gasteiger partial charge in [0, 0.05) is 6.54 Å². The molecular weight excluding hydrogens is 210 g/mol. The molecule has 1 aromatic carbocycles. The zero-order valence-corrected chi connectivity index (χ0v) is 10.7. The second-order valence-corrected chi connectivity index (χ2v) is 5.22. The highest BCUT2D eigenvalue weighted by atomic mass is 16.5. The molecule has 0 saturated heterocycles. The SMILES string of the molecule is CC1CCC(OCc2cccc(CN)c2)CC1. The third-order valence-electron chi connectivity index (χ3n) is 3.68. The summed E-state index contributed by atoms with van der Waals surface area (Å²) >= 11 is 0. The molecule has 0 atom stereocenters. The molecule has 0 unspecified atom stereocenters. The third-order valence-corrected chi connectivity index (χ3v) is 3.68. The molecular formula is C15H23NO. The van der Waals surface area contributed by atoms with Crippen LogP contribution < -0.4 is 5.73 Å². The van der Waals surface area contributed by atoms with E-state index in [1.807, 2.05) is 0 Å². The van der Waals surface area contributed by atoms with E-state index in [1.165, 1.54) is 36.8 Å². The maximum absolute atomic E-state index is 5.98. The monoisotopic (exact) mass is 233 g/mol. The van der Waals surface area contributed by atoms with E-state index >= 15 is 0 Å².